The SMILES string of the molecule is Cc1ccc(C(C)(C(=O)O)c2ccc(O)cc2)cc1. The largest absolute Gasteiger partial charge is 0.508 e. The van der Waals surface area contributed by atoms with Crippen LogP contribution in [0, 0.1) is 6.92 Å². The van der Waals surface area contributed by atoms with E-state index in [1.54, 1.807) is 19.1 Å². The Labute approximate surface area is 112 Å². The van der Waals surface area contributed by atoms with Gasteiger partial charge in [0.1, 0.15) is 11.2 Å². The molecular weight excluding hydrogens is 240 g/mol. The Balaban J connectivity index is 2.57. The molecule has 19 heavy (non-hydrogen) atoms. The van der Waals surface area contributed by atoms with Crippen LogP contribution in [0.1, 0.15) is 23.6 Å². The minimum atomic E-state index is -1.12. The molecule has 1 atom stereocenters. The highest BCUT2D eigenvalue weighted by Crippen LogP contribution is 2.33. The van der Waals surface area contributed by atoms with Crippen LogP contribution < -0.4 is 0 Å². The second kappa shape index (κ2) is 4.76. The van der Waals surface area contributed by atoms with Crippen LogP contribution in [0.4, 0.5) is 0 Å². The molecule has 0 heterocycles. The Hall–Kier alpha value is -2.29. The lowest BCUT2D eigenvalue weighted by molar-refractivity contribution is -0.141. The van der Waals surface area contributed by atoms with Crippen LogP contribution in [0.15, 0.2) is 48.5 Å². The van der Waals surface area contributed by atoms with Gasteiger partial charge < -0.3 is 10.2 Å². The van der Waals surface area contributed by atoms with Crippen LogP contribution in [0.3, 0.4) is 0 Å². The van der Waals surface area contributed by atoms with Gasteiger partial charge in [0, 0.05) is 0 Å². The monoisotopic (exact) mass is 256 g/mol. The molecule has 0 aliphatic heterocycles. The molecule has 0 spiro atoms. The summed E-state index contributed by atoms with van der Waals surface area (Å²) in [7, 11) is 0. The highest BCUT2D eigenvalue weighted by atomic mass is 16.4. The lowest BCUT2D eigenvalue weighted by atomic mass is 9.76. The van der Waals surface area contributed by atoms with Crippen LogP contribution in [0.25, 0.3) is 0 Å². The molecule has 1 unspecified atom stereocenters. The number of carbonyl (C=O) groups is 1. The highest BCUT2D eigenvalue weighted by Gasteiger charge is 2.37. The van der Waals surface area contributed by atoms with Gasteiger partial charge in [-0.15, -0.1) is 0 Å². The van der Waals surface area contributed by atoms with Crippen molar-refractivity contribution in [3.8, 4) is 5.75 Å². The molecule has 98 valence electrons. The summed E-state index contributed by atoms with van der Waals surface area (Å²) in [6.07, 6.45) is 0. The number of benzene rings is 2. The molecule has 0 saturated heterocycles. The molecule has 0 saturated carbocycles. The fraction of sp³-hybridized carbons (Fsp3) is 0.188. The van der Waals surface area contributed by atoms with E-state index in [1.165, 1.54) is 12.1 Å². The van der Waals surface area contributed by atoms with Crippen molar-refractivity contribution in [3.63, 3.8) is 0 Å². The molecular formula is C16H16O3. The fourth-order valence-corrected chi connectivity index (χ4v) is 2.10. The smallest absolute Gasteiger partial charge is 0.318 e. The summed E-state index contributed by atoms with van der Waals surface area (Å²) in [5.41, 5.74) is 1.32. The first kappa shape index (κ1) is 13.1. The van der Waals surface area contributed by atoms with Gasteiger partial charge in [-0.2, -0.15) is 0 Å². The number of carboxylic acid groups (broad SMARTS) is 1. The summed E-state index contributed by atoms with van der Waals surface area (Å²) in [4.78, 5) is 11.7. The van der Waals surface area contributed by atoms with Crippen molar-refractivity contribution in [1.82, 2.24) is 0 Å². The van der Waals surface area contributed by atoms with Crippen LogP contribution >= 0.6 is 0 Å². The zero-order valence-electron chi connectivity index (χ0n) is 10.9. The van der Waals surface area contributed by atoms with Crippen LogP contribution in [0.2, 0.25) is 0 Å². The number of rotatable bonds is 3. The Kier molecular flexibility index (Phi) is 3.30. The first-order chi connectivity index (χ1) is 8.94. The molecule has 0 radical (unpaired) electrons. The Bertz CT molecular complexity index is 537. The first-order valence-corrected chi connectivity index (χ1v) is 6.04. The number of aliphatic carboxylic acids is 1. The third-order valence-electron chi connectivity index (χ3n) is 3.50. The summed E-state index contributed by atoms with van der Waals surface area (Å²) in [6, 6.07) is 13.8. The topological polar surface area (TPSA) is 57.5 Å². The summed E-state index contributed by atoms with van der Waals surface area (Å²) < 4.78 is 0. The standard InChI is InChI=1S/C16H16O3/c1-11-3-5-12(6-4-11)16(2,15(18)19)13-7-9-14(17)10-8-13/h3-10,17H,1-2H3,(H,18,19). The quantitative estimate of drug-likeness (QED) is 0.887. The van der Waals surface area contributed by atoms with Crippen molar-refractivity contribution < 1.29 is 15.0 Å². The summed E-state index contributed by atoms with van der Waals surface area (Å²) in [5.74, 6) is -0.789. The Morgan fingerprint density at radius 2 is 1.37 bits per heavy atom. The minimum absolute atomic E-state index is 0.125. The Morgan fingerprint density at radius 3 is 1.79 bits per heavy atom. The maximum Gasteiger partial charge on any atom is 0.318 e. The molecule has 2 N–H and O–H groups in total. The number of hydrogen-bond acceptors (Lipinski definition) is 2. The molecule has 3 nitrogen and oxygen atoms in total. The summed E-state index contributed by atoms with van der Waals surface area (Å²) in [6.45, 7) is 3.63. The molecule has 3 heteroatoms. The molecule has 0 aliphatic rings. The zero-order chi connectivity index (χ0) is 14.0. The van der Waals surface area contributed by atoms with Gasteiger partial charge in [0.25, 0.3) is 0 Å². The average molecular weight is 256 g/mol. The highest BCUT2D eigenvalue weighted by molar-refractivity contribution is 5.85. The van der Waals surface area contributed by atoms with Crippen molar-refractivity contribution in [1.29, 1.82) is 0 Å². The Morgan fingerprint density at radius 1 is 0.947 bits per heavy atom. The van der Waals surface area contributed by atoms with E-state index in [2.05, 4.69) is 0 Å². The molecule has 0 fully saturated rings. The summed E-state index contributed by atoms with van der Waals surface area (Å²) >= 11 is 0. The lowest BCUT2D eigenvalue weighted by Gasteiger charge is -2.26. The van der Waals surface area contributed by atoms with Gasteiger partial charge in [0.05, 0.1) is 0 Å². The van der Waals surface area contributed by atoms with E-state index in [0.717, 1.165) is 11.1 Å². The van der Waals surface area contributed by atoms with E-state index in [-0.39, 0.29) is 5.75 Å². The van der Waals surface area contributed by atoms with Crippen molar-refractivity contribution in [2.24, 2.45) is 0 Å². The van der Waals surface area contributed by atoms with Gasteiger partial charge >= 0.3 is 5.97 Å². The predicted molar refractivity (Wildman–Crippen MR) is 73.4 cm³/mol. The lowest BCUT2D eigenvalue weighted by Crippen LogP contribution is -2.33. The average Bonchev–Trinajstić information content (AvgIpc) is 2.39. The normalized spacial score (nSPS) is 13.8. The molecule has 0 aliphatic carbocycles. The van der Waals surface area contributed by atoms with Crippen molar-refractivity contribution in [3.05, 3.63) is 65.2 Å². The molecule has 2 aromatic carbocycles. The maximum absolute atomic E-state index is 11.7. The number of aryl methyl sites for hydroxylation is 1. The minimum Gasteiger partial charge on any atom is -0.508 e. The molecule has 0 amide bonds. The van der Waals surface area contributed by atoms with Gasteiger partial charge in [-0.3, -0.25) is 4.79 Å². The van der Waals surface area contributed by atoms with E-state index in [9.17, 15) is 15.0 Å². The van der Waals surface area contributed by atoms with E-state index >= 15 is 0 Å². The molecule has 2 rings (SSSR count). The second-order valence-electron chi connectivity index (χ2n) is 4.84. The zero-order valence-corrected chi connectivity index (χ0v) is 10.9. The van der Waals surface area contributed by atoms with Crippen LogP contribution in [0.5, 0.6) is 5.75 Å². The third-order valence-corrected chi connectivity index (χ3v) is 3.50. The van der Waals surface area contributed by atoms with E-state index < -0.39 is 11.4 Å². The second-order valence-corrected chi connectivity index (χ2v) is 4.84. The van der Waals surface area contributed by atoms with E-state index in [4.69, 9.17) is 0 Å². The van der Waals surface area contributed by atoms with Crippen LogP contribution in [-0.2, 0) is 10.2 Å². The number of phenolic OH excluding ortho intramolecular Hbond substituents is 1. The van der Waals surface area contributed by atoms with Gasteiger partial charge in [-0.1, -0.05) is 42.0 Å². The van der Waals surface area contributed by atoms with Crippen molar-refractivity contribution >= 4 is 5.97 Å². The number of phenols is 1. The van der Waals surface area contributed by atoms with Crippen molar-refractivity contribution in [2.75, 3.05) is 0 Å². The van der Waals surface area contributed by atoms with Crippen molar-refractivity contribution in [2.45, 2.75) is 19.3 Å². The van der Waals surface area contributed by atoms with Gasteiger partial charge in [-0.25, -0.2) is 0 Å². The number of aromatic hydroxyl groups is 1. The maximum atomic E-state index is 11.7. The summed E-state index contributed by atoms with van der Waals surface area (Å²) in [5, 5.41) is 18.9. The third kappa shape index (κ3) is 2.32. The van der Waals surface area contributed by atoms with Crippen LogP contribution in [-0.4, -0.2) is 16.2 Å². The number of hydrogen-bond donors (Lipinski definition) is 2. The fourth-order valence-electron chi connectivity index (χ4n) is 2.10. The molecule has 2 aromatic rings. The molecule has 0 bridgehead atoms. The molecule has 0 aromatic heterocycles. The van der Waals surface area contributed by atoms with E-state index in [1.807, 2.05) is 31.2 Å². The van der Waals surface area contributed by atoms with Gasteiger partial charge in [0.2, 0.25) is 0 Å². The van der Waals surface area contributed by atoms with Gasteiger partial charge in [0.15, 0.2) is 0 Å². The predicted octanol–water partition coefficient (Wildman–Crippen LogP) is 3.09. The first-order valence-electron chi connectivity index (χ1n) is 6.04. The number of carboxylic acids is 1. The van der Waals surface area contributed by atoms with Gasteiger partial charge in [-0.05, 0) is 37.1 Å². The van der Waals surface area contributed by atoms with E-state index in [0.29, 0.717) is 5.56 Å².